The van der Waals surface area contributed by atoms with E-state index < -0.39 is 17.8 Å². The van der Waals surface area contributed by atoms with Gasteiger partial charge < -0.3 is 29.2 Å². The first kappa shape index (κ1) is 35.0. The number of esters is 1. The van der Waals surface area contributed by atoms with Gasteiger partial charge in [0.1, 0.15) is 5.75 Å². The molecule has 2 aliphatic heterocycles. The highest BCUT2D eigenvalue weighted by atomic mass is 32.2. The number of aromatic amines is 1. The molecule has 14 heteroatoms. The molecule has 53 heavy (non-hydrogen) atoms. The minimum Gasteiger partial charge on any atom is -0.497 e. The number of thioether (sulfide) groups is 1. The first-order valence-corrected chi connectivity index (χ1v) is 19.3. The van der Waals surface area contributed by atoms with Crippen molar-refractivity contribution in [2.45, 2.75) is 36.5 Å². The average Bonchev–Trinajstić information content (AvgIpc) is 3.90. The molecule has 274 valence electrons. The number of methoxy groups -OCH3 is 1. The molecule has 4 aliphatic rings. The van der Waals surface area contributed by atoms with Crippen molar-refractivity contribution in [3.05, 3.63) is 92.4 Å². The fraction of sp³-hybridized carbons (Fsp3) is 0.359. The molecule has 1 saturated heterocycles. The predicted octanol–water partition coefficient (Wildman–Crippen LogP) is 5.72. The number of carbonyl (C=O) groups excluding carboxylic acids is 4. The third kappa shape index (κ3) is 6.07. The SMILES string of the molecule is CCOC(=O)c1ccc(N2C(=O)C3C(C2=O)[C@@H]2C[C@H]3C3Sc4[nH]c(=O)sc4[C@H](c4ccc(OCC(=O)Nc5ccc(OC)cc5)c(OCC)c4)C32)cc1. The number of rotatable bonds is 11. The molecule has 7 atom stereocenters. The van der Waals surface area contributed by atoms with E-state index >= 15 is 0 Å². The van der Waals surface area contributed by atoms with E-state index in [9.17, 15) is 24.0 Å². The second-order valence-electron chi connectivity index (χ2n) is 13.4. The van der Waals surface area contributed by atoms with Gasteiger partial charge in [0.25, 0.3) is 5.91 Å². The highest BCUT2D eigenvalue weighted by Crippen LogP contribution is 2.68. The molecule has 2 bridgehead atoms. The molecule has 2 saturated carbocycles. The van der Waals surface area contributed by atoms with E-state index in [1.165, 1.54) is 16.2 Å². The smallest absolute Gasteiger partial charge is 0.338 e. The lowest BCUT2D eigenvalue weighted by Crippen LogP contribution is -2.42. The molecule has 3 heterocycles. The maximum atomic E-state index is 14.2. The molecule has 2 N–H and O–H groups in total. The molecule has 3 fully saturated rings. The summed E-state index contributed by atoms with van der Waals surface area (Å²) in [7, 11) is 1.57. The quantitative estimate of drug-likeness (QED) is 0.144. The van der Waals surface area contributed by atoms with Crippen molar-refractivity contribution >= 4 is 58.2 Å². The molecule has 3 aromatic carbocycles. The number of aromatic nitrogens is 1. The van der Waals surface area contributed by atoms with Crippen LogP contribution in [0.1, 0.15) is 47.0 Å². The van der Waals surface area contributed by atoms with E-state index in [1.807, 2.05) is 19.1 Å². The van der Waals surface area contributed by atoms with Gasteiger partial charge in [-0.1, -0.05) is 17.4 Å². The van der Waals surface area contributed by atoms with Gasteiger partial charge in [-0.3, -0.25) is 24.1 Å². The monoisotopic (exact) mass is 755 g/mol. The van der Waals surface area contributed by atoms with E-state index in [0.717, 1.165) is 21.9 Å². The highest BCUT2D eigenvalue weighted by molar-refractivity contribution is 8.00. The molecule has 8 rings (SSSR count). The summed E-state index contributed by atoms with van der Waals surface area (Å²) in [6.45, 7) is 3.95. The van der Waals surface area contributed by atoms with Gasteiger partial charge in [0.05, 0.1) is 48.4 Å². The number of imide groups is 1. The molecule has 12 nitrogen and oxygen atoms in total. The maximum absolute atomic E-state index is 14.2. The Kier molecular flexibility index (Phi) is 9.27. The number of benzene rings is 3. The van der Waals surface area contributed by atoms with Gasteiger partial charge in [0.2, 0.25) is 11.8 Å². The van der Waals surface area contributed by atoms with Crippen molar-refractivity contribution in [3.8, 4) is 17.2 Å². The number of nitrogens with one attached hydrogen (secondary N) is 2. The van der Waals surface area contributed by atoms with Crippen LogP contribution in [0.5, 0.6) is 17.2 Å². The largest absolute Gasteiger partial charge is 0.497 e. The standard InChI is InChI=1S/C39H37N3O9S2/c1-4-49-27-16-20(8-15-26(27)51-18-28(43)40-21-9-13-23(48-3)14-10-21)29-30-24-17-25(33(30)52-35-34(29)53-39(47)41-35)32-31(24)36(44)42(37(32)45)22-11-6-19(7-12-22)38(46)50-5-2/h6-16,24-25,29-33H,4-5,17-18H2,1-3H3,(H,40,43)(H,41,47)/t24-,25-,29-,30?,31?,32?,33?/m1/s1. The van der Waals surface area contributed by atoms with Gasteiger partial charge >= 0.3 is 10.8 Å². The topological polar surface area (TPSA) is 153 Å². The fourth-order valence-corrected chi connectivity index (χ4v) is 11.6. The zero-order valence-corrected chi connectivity index (χ0v) is 30.8. The van der Waals surface area contributed by atoms with Crippen LogP contribution in [0.3, 0.4) is 0 Å². The van der Waals surface area contributed by atoms with E-state index in [0.29, 0.717) is 40.8 Å². The number of ether oxygens (including phenoxy) is 4. The summed E-state index contributed by atoms with van der Waals surface area (Å²) < 4.78 is 22.3. The van der Waals surface area contributed by atoms with Crippen LogP contribution in [-0.2, 0) is 19.1 Å². The van der Waals surface area contributed by atoms with E-state index in [4.69, 9.17) is 18.9 Å². The van der Waals surface area contributed by atoms with Crippen LogP contribution in [0, 0.1) is 29.6 Å². The number of thiazole rings is 1. The van der Waals surface area contributed by atoms with Gasteiger partial charge in [-0.25, -0.2) is 4.79 Å². The number of H-pyrrole nitrogens is 1. The van der Waals surface area contributed by atoms with Crippen LogP contribution < -0.4 is 29.3 Å². The van der Waals surface area contributed by atoms with Crippen LogP contribution in [0.25, 0.3) is 0 Å². The molecular weight excluding hydrogens is 719 g/mol. The third-order valence-electron chi connectivity index (χ3n) is 10.7. The van der Waals surface area contributed by atoms with Crippen LogP contribution >= 0.6 is 23.1 Å². The van der Waals surface area contributed by atoms with Crippen molar-refractivity contribution in [1.29, 1.82) is 0 Å². The average molecular weight is 756 g/mol. The minimum absolute atomic E-state index is 0.00000980. The lowest BCUT2D eigenvalue weighted by molar-refractivity contribution is -0.123. The Labute approximate surface area is 313 Å². The maximum Gasteiger partial charge on any atom is 0.338 e. The Morgan fingerprint density at radius 3 is 2.32 bits per heavy atom. The molecule has 1 aromatic heterocycles. The van der Waals surface area contributed by atoms with Gasteiger partial charge in [-0.05, 0) is 104 Å². The zero-order chi connectivity index (χ0) is 37.0. The summed E-state index contributed by atoms with van der Waals surface area (Å²) in [5.41, 5.74) is 2.30. The van der Waals surface area contributed by atoms with Crippen molar-refractivity contribution < 1.29 is 38.1 Å². The number of hydrogen-bond acceptors (Lipinski definition) is 11. The summed E-state index contributed by atoms with van der Waals surface area (Å²) in [6, 6.07) is 19.0. The van der Waals surface area contributed by atoms with Gasteiger partial charge in [-0.2, -0.15) is 0 Å². The fourth-order valence-electron chi connectivity index (χ4n) is 8.73. The normalized spacial score (nSPS) is 25.0. The lowest BCUT2D eigenvalue weighted by atomic mass is 9.68. The first-order chi connectivity index (χ1) is 25.7. The van der Waals surface area contributed by atoms with Crippen molar-refractivity contribution in [2.75, 3.05) is 37.1 Å². The molecule has 4 aromatic rings. The van der Waals surface area contributed by atoms with Crippen molar-refractivity contribution in [1.82, 2.24) is 4.98 Å². The summed E-state index contributed by atoms with van der Waals surface area (Å²) in [6.07, 6.45) is 0.739. The highest BCUT2D eigenvalue weighted by Gasteiger charge is 2.69. The first-order valence-electron chi connectivity index (χ1n) is 17.6. The van der Waals surface area contributed by atoms with Crippen LogP contribution in [0.2, 0.25) is 0 Å². The Hall–Kier alpha value is -5.08. The summed E-state index contributed by atoms with van der Waals surface area (Å²) in [4.78, 5) is 71.1. The van der Waals surface area contributed by atoms with Crippen LogP contribution in [0.15, 0.2) is 76.6 Å². The summed E-state index contributed by atoms with van der Waals surface area (Å²) in [5.74, 6) is -1.06. The molecule has 4 unspecified atom stereocenters. The number of fused-ring (bicyclic) bond motifs is 9. The Morgan fingerprint density at radius 2 is 1.62 bits per heavy atom. The molecular formula is C39H37N3O9S2. The Balaban J connectivity index is 1.06. The van der Waals surface area contributed by atoms with E-state index in [1.54, 1.807) is 80.4 Å². The molecule has 2 aliphatic carbocycles. The number of nitrogens with zero attached hydrogens (tertiary/aromatic N) is 1. The van der Waals surface area contributed by atoms with Crippen LogP contribution in [0.4, 0.5) is 11.4 Å². The van der Waals surface area contributed by atoms with Crippen molar-refractivity contribution in [2.24, 2.45) is 29.6 Å². The van der Waals surface area contributed by atoms with Gasteiger partial charge in [-0.15, -0.1) is 11.8 Å². The molecule has 0 radical (unpaired) electrons. The van der Waals surface area contributed by atoms with Gasteiger partial charge in [0.15, 0.2) is 18.1 Å². The zero-order valence-electron chi connectivity index (χ0n) is 29.2. The Morgan fingerprint density at radius 1 is 0.887 bits per heavy atom. The van der Waals surface area contributed by atoms with Gasteiger partial charge in [0, 0.05) is 21.7 Å². The molecule has 0 spiro atoms. The Bertz CT molecular complexity index is 2150. The summed E-state index contributed by atoms with van der Waals surface area (Å²) in [5, 5.41) is 3.61. The predicted molar refractivity (Wildman–Crippen MR) is 198 cm³/mol. The second-order valence-corrected chi connectivity index (χ2v) is 15.6. The lowest BCUT2D eigenvalue weighted by Gasteiger charge is -2.43. The number of carbonyl (C=O) groups is 4. The number of amides is 3. The minimum atomic E-state index is -0.489. The number of anilines is 2. The van der Waals surface area contributed by atoms with E-state index in [-0.39, 0.29) is 64.7 Å². The second kappa shape index (κ2) is 14.0. The summed E-state index contributed by atoms with van der Waals surface area (Å²) >= 11 is 2.79. The third-order valence-corrected chi connectivity index (χ3v) is 13.3. The van der Waals surface area contributed by atoms with Crippen LogP contribution in [-0.4, -0.2) is 60.9 Å². The van der Waals surface area contributed by atoms with Crippen molar-refractivity contribution in [3.63, 3.8) is 0 Å². The molecule has 3 amide bonds. The van der Waals surface area contributed by atoms with E-state index in [2.05, 4.69) is 10.3 Å². The number of hydrogen-bond donors (Lipinski definition) is 2.